The van der Waals surface area contributed by atoms with Gasteiger partial charge < -0.3 is 15.1 Å². The normalized spacial score (nSPS) is 14.6. The molecule has 0 aromatic carbocycles. The van der Waals surface area contributed by atoms with E-state index in [1.807, 2.05) is 59.7 Å². The van der Waals surface area contributed by atoms with Gasteiger partial charge in [0.1, 0.15) is 17.2 Å². The molecule has 0 saturated carbocycles. The molecule has 3 aromatic heterocycles. The van der Waals surface area contributed by atoms with Crippen molar-refractivity contribution < 1.29 is 4.79 Å². The zero-order chi connectivity index (χ0) is 18.8. The Hall–Kier alpha value is -3.16. The molecule has 140 valence electrons. The number of imidazole rings is 1. The lowest BCUT2D eigenvalue weighted by Gasteiger charge is -2.35. The van der Waals surface area contributed by atoms with Crippen LogP contribution in [0.3, 0.4) is 0 Å². The first-order valence-electron chi connectivity index (χ1n) is 9.23. The molecule has 27 heavy (non-hydrogen) atoms. The summed E-state index contributed by atoms with van der Waals surface area (Å²) in [4.78, 5) is 21.6. The van der Waals surface area contributed by atoms with Gasteiger partial charge in [0.05, 0.1) is 5.69 Å². The quantitative estimate of drug-likeness (QED) is 0.760. The predicted molar refractivity (Wildman–Crippen MR) is 104 cm³/mol. The minimum Gasteiger partial charge on any atom is -0.369 e. The highest BCUT2D eigenvalue weighted by Gasteiger charge is 2.26. The second-order valence-corrected chi connectivity index (χ2v) is 6.56. The van der Waals surface area contributed by atoms with Gasteiger partial charge in [-0.3, -0.25) is 9.20 Å². The van der Waals surface area contributed by atoms with E-state index in [1.165, 1.54) is 0 Å². The smallest absolute Gasteiger partial charge is 0.272 e. The molecule has 8 heteroatoms. The molecule has 0 radical (unpaired) electrons. The highest BCUT2D eigenvalue weighted by atomic mass is 16.2. The summed E-state index contributed by atoms with van der Waals surface area (Å²) in [5, 5.41) is 11.6. The number of carbonyl (C=O) groups excluding carboxylic acids is 1. The summed E-state index contributed by atoms with van der Waals surface area (Å²) in [6.45, 7) is 7.49. The molecule has 1 aliphatic rings. The minimum absolute atomic E-state index is 0.0272. The molecule has 4 heterocycles. The molecule has 1 aliphatic heterocycles. The first-order valence-corrected chi connectivity index (χ1v) is 9.23. The first kappa shape index (κ1) is 17.3. The lowest BCUT2D eigenvalue weighted by atomic mass is 10.2. The van der Waals surface area contributed by atoms with Crippen molar-refractivity contribution in [3.8, 4) is 0 Å². The topological polar surface area (TPSA) is 78.7 Å². The zero-order valence-corrected chi connectivity index (χ0v) is 15.6. The minimum atomic E-state index is 0.0272. The summed E-state index contributed by atoms with van der Waals surface area (Å²) in [6, 6.07) is 9.66. The van der Waals surface area contributed by atoms with Crippen LogP contribution in [0.15, 0.2) is 36.5 Å². The van der Waals surface area contributed by atoms with E-state index in [1.54, 1.807) is 0 Å². The molecule has 0 unspecified atom stereocenters. The fourth-order valence-corrected chi connectivity index (χ4v) is 3.43. The third kappa shape index (κ3) is 3.30. The maximum Gasteiger partial charge on any atom is 0.272 e. The summed E-state index contributed by atoms with van der Waals surface area (Å²) >= 11 is 0. The van der Waals surface area contributed by atoms with Gasteiger partial charge in [-0.15, -0.1) is 10.2 Å². The summed E-state index contributed by atoms with van der Waals surface area (Å²) in [5.41, 5.74) is 2.21. The van der Waals surface area contributed by atoms with E-state index in [0.717, 1.165) is 42.6 Å². The third-order valence-electron chi connectivity index (χ3n) is 4.81. The standard InChI is InChI=1S/C19H23N7O/c1-3-20-15-7-8-17(23-22-15)24-10-12-25(13-11-24)19(27)18-14(2)21-16-6-4-5-9-26(16)18/h4-9H,3,10-13H2,1-2H3,(H,20,22). The van der Waals surface area contributed by atoms with E-state index in [9.17, 15) is 4.79 Å². The zero-order valence-electron chi connectivity index (χ0n) is 15.6. The summed E-state index contributed by atoms with van der Waals surface area (Å²) < 4.78 is 1.87. The maximum atomic E-state index is 13.1. The lowest BCUT2D eigenvalue weighted by Crippen LogP contribution is -2.49. The Labute approximate surface area is 157 Å². The molecular weight excluding hydrogens is 342 g/mol. The van der Waals surface area contributed by atoms with Crippen molar-refractivity contribution in [2.24, 2.45) is 0 Å². The van der Waals surface area contributed by atoms with Crippen LogP contribution in [-0.4, -0.2) is 63.1 Å². The van der Waals surface area contributed by atoms with E-state index in [2.05, 4.69) is 25.4 Å². The number of pyridine rings is 1. The number of fused-ring (bicyclic) bond motifs is 1. The summed E-state index contributed by atoms with van der Waals surface area (Å²) in [6.07, 6.45) is 1.89. The number of hydrogen-bond donors (Lipinski definition) is 1. The van der Waals surface area contributed by atoms with E-state index in [-0.39, 0.29) is 5.91 Å². The number of anilines is 2. The fraction of sp³-hybridized carbons (Fsp3) is 0.368. The average molecular weight is 365 g/mol. The van der Waals surface area contributed by atoms with Gasteiger partial charge >= 0.3 is 0 Å². The number of amides is 1. The summed E-state index contributed by atoms with van der Waals surface area (Å²) in [5.74, 6) is 1.65. The number of piperazine rings is 1. The monoisotopic (exact) mass is 365 g/mol. The average Bonchev–Trinajstić information content (AvgIpc) is 3.04. The van der Waals surface area contributed by atoms with E-state index < -0.39 is 0 Å². The molecule has 3 aromatic rings. The third-order valence-corrected chi connectivity index (χ3v) is 4.81. The van der Waals surface area contributed by atoms with Crippen LogP contribution in [0.5, 0.6) is 0 Å². The SMILES string of the molecule is CCNc1ccc(N2CCN(C(=O)c3c(C)nc4ccccn34)CC2)nn1. The Morgan fingerprint density at radius 3 is 2.63 bits per heavy atom. The molecule has 1 fully saturated rings. The van der Waals surface area contributed by atoms with Crippen molar-refractivity contribution in [1.82, 2.24) is 24.5 Å². The van der Waals surface area contributed by atoms with E-state index in [0.29, 0.717) is 18.8 Å². The van der Waals surface area contributed by atoms with Gasteiger partial charge in [-0.2, -0.15) is 0 Å². The first-order chi connectivity index (χ1) is 13.2. The van der Waals surface area contributed by atoms with Gasteiger partial charge in [0.15, 0.2) is 5.82 Å². The van der Waals surface area contributed by atoms with Crippen molar-refractivity contribution in [2.75, 3.05) is 42.9 Å². The second kappa shape index (κ2) is 7.22. The highest BCUT2D eigenvalue weighted by molar-refractivity contribution is 5.94. The van der Waals surface area contributed by atoms with Gasteiger partial charge in [0.2, 0.25) is 0 Å². The van der Waals surface area contributed by atoms with Gasteiger partial charge in [-0.25, -0.2) is 4.98 Å². The van der Waals surface area contributed by atoms with Crippen LogP contribution in [0.1, 0.15) is 23.1 Å². The Morgan fingerprint density at radius 1 is 1.11 bits per heavy atom. The van der Waals surface area contributed by atoms with Gasteiger partial charge in [0.25, 0.3) is 5.91 Å². The molecule has 8 nitrogen and oxygen atoms in total. The maximum absolute atomic E-state index is 13.1. The number of hydrogen-bond acceptors (Lipinski definition) is 6. The summed E-state index contributed by atoms with van der Waals surface area (Å²) in [7, 11) is 0. The van der Waals surface area contributed by atoms with Crippen molar-refractivity contribution in [1.29, 1.82) is 0 Å². The number of nitrogens with one attached hydrogen (secondary N) is 1. The van der Waals surface area contributed by atoms with Gasteiger partial charge in [0, 0.05) is 38.9 Å². The molecule has 1 N–H and O–H groups in total. The molecular formula is C19H23N7O. The van der Waals surface area contributed by atoms with Crippen molar-refractivity contribution >= 4 is 23.2 Å². The van der Waals surface area contributed by atoms with Gasteiger partial charge in [-0.1, -0.05) is 6.07 Å². The molecule has 0 aliphatic carbocycles. The largest absolute Gasteiger partial charge is 0.369 e. The Balaban J connectivity index is 1.45. The fourth-order valence-electron chi connectivity index (χ4n) is 3.43. The second-order valence-electron chi connectivity index (χ2n) is 6.56. The van der Waals surface area contributed by atoms with Crippen LogP contribution in [0.25, 0.3) is 5.65 Å². The van der Waals surface area contributed by atoms with Crippen LogP contribution in [-0.2, 0) is 0 Å². The van der Waals surface area contributed by atoms with Crippen LogP contribution in [0.2, 0.25) is 0 Å². The Kier molecular flexibility index (Phi) is 4.62. The van der Waals surface area contributed by atoms with Crippen LogP contribution in [0.4, 0.5) is 11.6 Å². The number of aryl methyl sites for hydroxylation is 1. The Bertz CT molecular complexity index is 942. The predicted octanol–water partition coefficient (Wildman–Crippen LogP) is 1.83. The lowest BCUT2D eigenvalue weighted by molar-refractivity contribution is 0.0738. The van der Waals surface area contributed by atoms with E-state index >= 15 is 0 Å². The van der Waals surface area contributed by atoms with Crippen molar-refractivity contribution in [3.05, 3.63) is 47.9 Å². The molecule has 1 saturated heterocycles. The number of nitrogens with zero attached hydrogens (tertiary/aromatic N) is 6. The molecule has 0 spiro atoms. The van der Waals surface area contributed by atoms with Crippen LogP contribution < -0.4 is 10.2 Å². The highest BCUT2D eigenvalue weighted by Crippen LogP contribution is 2.18. The number of rotatable bonds is 4. The Morgan fingerprint density at radius 2 is 1.93 bits per heavy atom. The molecule has 4 rings (SSSR count). The van der Waals surface area contributed by atoms with E-state index in [4.69, 9.17) is 0 Å². The number of carbonyl (C=O) groups is 1. The molecule has 0 bridgehead atoms. The number of aromatic nitrogens is 4. The van der Waals surface area contributed by atoms with Crippen molar-refractivity contribution in [3.63, 3.8) is 0 Å². The molecule has 0 atom stereocenters. The van der Waals surface area contributed by atoms with Gasteiger partial charge in [-0.05, 0) is 38.1 Å². The molecule has 1 amide bonds. The van der Waals surface area contributed by atoms with Crippen LogP contribution in [0, 0.1) is 6.92 Å². The van der Waals surface area contributed by atoms with Crippen LogP contribution >= 0.6 is 0 Å². The van der Waals surface area contributed by atoms with Crippen molar-refractivity contribution in [2.45, 2.75) is 13.8 Å².